The molecule has 0 aliphatic carbocycles. The van der Waals surface area contributed by atoms with Gasteiger partial charge < -0.3 is 14.6 Å². The zero-order chi connectivity index (χ0) is 13.5. The third kappa shape index (κ3) is 1.74. The van der Waals surface area contributed by atoms with E-state index in [1.54, 1.807) is 0 Å². The second-order valence-corrected chi connectivity index (χ2v) is 5.42. The van der Waals surface area contributed by atoms with Crippen LogP contribution in [0.5, 0.6) is 0 Å². The Kier molecular flexibility index (Phi) is 2.81. The third-order valence-corrected chi connectivity index (χ3v) is 3.90. The average Bonchev–Trinajstić information content (AvgIpc) is 2.77. The van der Waals surface area contributed by atoms with E-state index in [0.29, 0.717) is 13.2 Å². The molecule has 3 rings (SSSR count). The Morgan fingerprint density at radius 2 is 2.11 bits per heavy atom. The summed E-state index contributed by atoms with van der Waals surface area (Å²) in [4.78, 5) is 5.40. The van der Waals surface area contributed by atoms with Gasteiger partial charge in [-0.25, -0.2) is 0 Å². The molecule has 0 spiro atoms. The molecular weight excluding hydrogens is 238 g/mol. The summed E-state index contributed by atoms with van der Waals surface area (Å²) >= 11 is 0. The number of hydrogen-bond donors (Lipinski definition) is 1. The molecule has 1 unspecified atom stereocenters. The first kappa shape index (κ1) is 12.2. The zero-order valence-electron chi connectivity index (χ0n) is 11.2. The molecule has 2 aromatic rings. The highest BCUT2D eigenvalue weighted by atomic mass is 16.5. The van der Waals surface area contributed by atoms with E-state index in [9.17, 15) is 5.26 Å². The van der Waals surface area contributed by atoms with E-state index >= 15 is 0 Å². The smallest absolute Gasteiger partial charge is 0.123 e. The lowest BCUT2D eigenvalue weighted by Crippen LogP contribution is -2.50. The Labute approximate surface area is 112 Å². The van der Waals surface area contributed by atoms with Crippen molar-refractivity contribution in [2.24, 2.45) is 5.41 Å². The molecule has 1 aliphatic rings. The van der Waals surface area contributed by atoms with Crippen LogP contribution in [0.1, 0.15) is 11.6 Å². The summed E-state index contributed by atoms with van der Waals surface area (Å²) in [6, 6.07) is 10.7. The lowest BCUT2D eigenvalue weighted by Gasteiger charge is -2.44. The summed E-state index contributed by atoms with van der Waals surface area (Å²) in [6.07, 6.45) is 2.02. The van der Waals surface area contributed by atoms with Crippen molar-refractivity contribution in [2.45, 2.75) is 6.04 Å². The van der Waals surface area contributed by atoms with Gasteiger partial charge in [0.25, 0.3) is 0 Å². The predicted molar refractivity (Wildman–Crippen MR) is 73.6 cm³/mol. The lowest BCUT2D eigenvalue weighted by molar-refractivity contribution is -0.115. The molecule has 1 aromatic carbocycles. The van der Waals surface area contributed by atoms with E-state index in [-0.39, 0.29) is 6.04 Å². The first-order chi connectivity index (χ1) is 9.18. The molecule has 4 nitrogen and oxygen atoms in total. The number of H-pyrrole nitrogens is 1. The van der Waals surface area contributed by atoms with E-state index < -0.39 is 5.41 Å². The number of nitrogens with zero attached hydrogens (tertiary/aromatic N) is 2. The third-order valence-electron chi connectivity index (χ3n) is 3.90. The van der Waals surface area contributed by atoms with E-state index in [1.807, 2.05) is 32.4 Å². The summed E-state index contributed by atoms with van der Waals surface area (Å²) in [5.74, 6) is 0. The molecule has 0 amide bonds. The molecule has 1 aromatic heterocycles. The summed E-state index contributed by atoms with van der Waals surface area (Å²) in [7, 11) is 4.04. The largest absolute Gasteiger partial charge is 0.378 e. The number of ether oxygens (including phenoxy) is 1. The minimum Gasteiger partial charge on any atom is -0.378 e. The Morgan fingerprint density at radius 1 is 1.37 bits per heavy atom. The molecule has 1 aliphatic heterocycles. The zero-order valence-corrected chi connectivity index (χ0v) is 11.2. The number of hydrogen-bond acceptors (Lipinski definition) is 3. The molecule has 98 valence electrons. The molecule has 1 atom stereocenters. The Morgan fingerprint density at radius 3 is 2.68 bits per heavy atom. The minimum absolute atomic E-state index is 0.0439. The highest BCUT2D eigenvalue weighted by Gasteiger charge is 2.48. The number of para-hydroxylation sites is 1. The number of aromatic nitrogens is 1. The molecule has 0 bridgehead atoms. The number of fused-ring (bicyclic) bond motifs is 1. The van der Waals surface area contributed by atoms with Crippen molar-refractivity contribution in [3.63, 3.8) is 0 Å². The van der Waals surface area contributed by atoms with Crippen LogP contribution in [-0.2, 0) is 4.74 Å². The van der Waals surface area contributed by atoms with Crippen LogP contribution in [0, 0.1) is 16.7 Å². The van der Waals surface area contributed by atoms with Crippen molar-refractivity contribution in [2.75, 3.05) is 27.3 Å². The van der Waals surface area contributed by atoms with Crippen LogP contribution in [-0.4, -0.2) is 37.2 Å². The van der Waals surface area contributed by atoms with Crippen LogP contribution in [0.3, 0.4) is 0 Å². The molecule has 1 N–H and O–H groups in total. The standard InChI is InChI=1S/C15H17N3O/c1-18(2)14(15(8-16)9-19-10-15)12-7-17-13-6-4-3-5-11(12)13/h3-7,14,17H,9-10H2,1-2H3. The molecule has 0 saturated carbocycles. The van der Waals surface area contributed by atoms with Gasteiger partial charge in [0.1, 0.15) is 5.41 Å². The molecule has 4 heteroatoms. The Hall–Kier alpha value is -1.83. The summed E-state index contributed by atoms with van der Waals surface area (Å²) in [5, 5.41) is 10.7. The van der Waals surface area contributed by atoms with Gasteiger partial charge in [-0.3, -0.25) is 0 Å². The molecule has 0 radical (unpaired) electrons. The van der Waals surface area contributed by atoms with Crippen molar-refractivity contribution < 1.29 is 4.74 Å². The fraction of sp³-hybridized carbons (Fsp3) is 0.400. The monoisotopic (exact) mass is 255 g/mol. The SMILES string of the molecule is CN(C)C(c1c[nH]c2ccccc12)C1(C#N)COC1. The van der Waals surface area contributed by atoms with E-state index in [2.05, 4.69) is 28.1 Å². The normalized spacial score (nSPS) is 19.1. The fourth-order valence-electron chi connectivity index (χ4n) is 3.00. The van der Waals surface area contributed by atoms with Crippen LogP contribution in [0.15, 0.2) is 30.5 Å². The maximum Gasteiger partial charge on any atom is 0.123 e. The Bertz CT molecular complexity index is 634. The van der Waals surface area contributed by atoms with Gasteiger partial charge in [-0.1, -0.05) is 18.2 Å². The van der Waals surface area contributed by atoms with Crippen LogP contribution in [0.25, 0.3) is 10.9 Å². The lowest BCUT2D eigenvalue weighted by atomic mass is 9.76. The second kappa shape index (κ2) is 4.37. The first-order valence-corrected chi connectivity index (χ1v) is 6.39. The molecule has 1 fully saturated rings. The topological polar surface area (TPSA) is 52.0 Å². The Balaban J connectivity index is 2.13. The number of aromatic amines is 1. The van der Waals surface area contributed by atoms with Gasteiger partial charge in [-0.2, -0.15) is 5.26 Å². The van der Waals surface area contributed by atoms with Gasteiger partial charge in [0.15, 0.2) is 0 Å². The van der Waals surface area contributed by atoms with Gasteiger partial charge in [0.05, 0.1) is 25.3 Å². The van der Waals surface area contributed by atoms with Crippen molar-refractivity contribution in [3.8, 4) is 6.07 Å². The number of rotatable bonds is 3. The van der Waals surface area contributed by atoms with Gasteiger partial charge in [0, 0.05) is 17.1 Å². The minimum atomic E-state index is -0.436. The molecule has 1 saturated heterocycles. The molecule has 19 heavy (non-hydrogen) atoms. The number of benzene rings is 1. The summed E-state index contributed by atoms with van der Waals surface area (Å²) < 4.78 is 5.31. The molecular formula is C15H17N3O. The van der Waals surface area contributed by atoms with Crippen LogP contribution >= 0.6 is 0 Å². The maximum absolute atomic E-state index is 9.56. The van der Waals surface area contributed by atoms with Crippen molar-refractivity contribution in [3.05, 3.63) is 36.0 Å². The van der Waals surface area contributed by atoms with Gasteiger partial charge in [-0.05, 0) is 25.7 Å². The first-order valence-electron chi connectivity index (χ1n) is 6.39. The summed E-state index contributed by atoms with van der Waals surface area (Å²) in [5.41, 5.74) is 1.84. The van der Waals surface area contributed by atoms with E-state index in [0.717, 1.165) is 5.52 Å². The second-order valence-electron chi connectivity index (χ2n) is 5.42. The maximum atomic E-state index is 9.56. The van der Waals surface area contributed by atoms with Crippen molar-refractivity contribution in [1.29, 1.82) is 5.26 Å². The van der Waals surface area contributed by atoms with Crippen molar-refractivity contribution in [1.82, 2.24) is 9.88 Å². The number of nitriles is 1. The van der Waals surface area contributed by atoms with Gasteiger partial charge in [0.2, 0.25) is 0 Å². The van der Waals surface area contributed by atoms with Crippen LogP contribution in [0.4, 0.5) is 0 Å². The van der Waals surface area contributed by atoms with E-state index in [4.69, 9.17) is 4.74 Å². The fourth-order valence-corrected chi connectivity index (χ4v) is 3.00. The average molecular weight is 255 g/mol. The van der Waals surface area contributed by atoms with Crippen LogP contribution in [0.2, 0.25) is 0 Å². The predicted octanol–water partition coefficient (Wildman–Crippen LogP) is 2.31. The highest BCUT2D eigenvalue weighted by Crippen LogP contribution is 2.44. The van der Waals surface area contributed by atoms with Crippen LogP contribution < -0.4 is 0 Å². The van der Waals surface area contributed by atoms with Gasteiger partial charge >= 0.3 is 0 Å². The number of nitrogens with one attached hydrogen (secondary N) is 1. The highest BCUT2D eigenvalue weighted by molar-refractivity contribution is 5.83. The van der Waals surface area contributed by atoms with Gasteiger partial charge in [-0.15, -0.1) is 0 Å². The van der Waals surface area contributed by atoms with Crippen molar-refractivity contribution >= 4 is 10.9 Å². The quantitative estimate of drug-likeness (QED) is 0.915. The molecule has 2 heterocycles. The van der Waals surface area contributed by atoms with E-state index in [1.165, 1.54) is 10.9 Å². The summed E-state index contributed by atoms with van der Waals surface area (Å²) in [6.45, 7) is 1.01.